The Balaban J connectivity index is 1.37. The highest BCUT2D eigenvalue weighted by Crippen LogP contribution is 2.40. The van der Waals surface area contributed by atoms with Crippen LogP contribution in [0.4, 0.5) is 0 Å². The second-order valence-corrected chi connectivity index (χ2v) is 11.8. The molecule has 7 aromatic carbocycles. The van der Waals surface area contributed by atoms with Gasteiger partial charge in [0, 0.05) is 26.9 Å². The van der Waals surface area contributed by atoms with Crippen molar-refractivity contribution in [1.82, 2.24) is 0 Å². The number of benzene rings is 7. The van der Waals surface area contributed by atoms with E-state index in [1.54, 1.807) is 0 Å². The van der Waals surface area contributed by atoms with Gasteiger partial charge in [-0.3, -0.25) is 0 Å². The average molecular weight is 579 g/mol. The fourth-order valence-electron chi connectivity index (χ4n) is 7.35. The molecule has 0 saturated carbocycles. The van der Waals surface area contributed by atoms with E-state index in [1.165, 1.54) is 43.5 Å². The topological polar surface area (TPSA) is 26.3 Å². The van der Waals surface area contributed by atoms with Crippen molar-refractivity contribution in [1.29, 1.82) is 0 Å². The van der Waals surface area contributed by atoms with E-state index in [-0.39, 0.29) is 0 Å². The monoisotopic (exact) mass is 578 g/mol. The predicted octanol–water partition coefficient (Wildman–Crippen LogP) is 11.1. The van der Waals surface area contributed by atoms with Crippen molar-refractivity contribution in [3.05, 3.63) is 132 Å². The van der Waals surface area contributed by atoms with E-state index in [9.17, 15) is 0 Å². The van der Waals surface area contributed by atoms with Crippen molar-refractivity contribution in [3.63, 3.8) is 0 Å². The van der Waals surface area contributed by atoms with E-state index in [4.69, 9.17) is 8.83 Å². The van der Waals surface area contributed by atoms with Crippen LogP contribution in [0.3, 0.4) is 0 Å². The minimum atomic E-state index is 0.886. The first kappa shape index (κ1) is 25.9. The van der Waals surface area contributed by atoms with Crippen molar-refractivity contribution < 1.29 is 8.83 Å². The molecular weight excluding hydrogens is 548 g/mol. The van der Waals surface area contributed by atoms with Crippen LogP contribution < -0.4 is 10.4 Å². The molecule has 0 unspecified atom stereocenters. The molecule has 9 rings (SSSR count). The van der Waals surface area contributed by atoms with Crippen LogP contribution in [-0.2, 0) is 0 Å². The Kier molecular flexibility index (Phi) is 5.73. The summed E-state index contributed by atoms with van der Waals surface area (Å²) in [5, 5.41) is 11.8. The third-order valence-corrected chi connectivity index (χ3v) is 9.29. The molecule has 0 fully saturated rings. The van der Waals surface area contributed by atoms with E-state index < -0.39 is 0 Å². The fraction of sp³-hybridized carbons (Fsp3) is 0.0698. The highest BCUT2D eigenvalue weighted by atomic mass is 16.3. The minimum absolute atomic E-state index is 0.886. The fourth-order valence-corrected chi connectivity index (χ4v) is 7.35. The van der Waals surface area contributed by atoms with Crippen molar-refractivity contribution in [2.24, 2.45) is 0 Å². The lowest BCUT2D eigenvalue weighted by Gasteiger charge is -2.16. The summed E-state index contributed by atoms with van der Waals surface area (Å²) >= 11 is 0. The highest BCUT2D eigenvalue weighted by Gasteiger charge is 2.17. The Bertz CT molecular complexity index is 2740. The molecule has 0 radical (unpaired) electrons. The summed E-state index contributed by atoms with van der Waals surface area (Å²) in [6.07, 6.45) is 5.60. The summed E-state index contributed by atoms with van der Waals surface area (Å²) in [6.45, 7) is 4.38. The molecule has 0 aliphatic carbocycles. The number of hydrogen-bond acceptors (Lipinski definition) is 2. The maximum absolute atomic E-state index is 6.46. The van der Waals surface area contributed by atoms with Gasteiger partial charge < -0.3 is 8.83 Å². The van der Waals surface area contributed by atoms with Crippen molar-refractivity contribution in [2.45, 2.75) is 20.3 Å². The summed E-state index contributed by atoms with van der Waals surface area (Å²) < 4.78 is 12.9. The Hall–Kier alpha value is -5.60. The van der Waals surface area contributed by atoms with Gasteiger partial charge in [0.05, 0.1) is 0 Å². The molecule has 0 aliphatic rings. The molecule has 214 valence electrons. The summed E-state index contributed by atoms with van der Waals surface area (Å²) in [5.41, 5.74) is 8.58. The second kappa shape index (κ2) is 9.97. The van der Waals surface area contributed by atoms with Gasteiger partial charge in [-0.2, -0.15) is 0 Å². The molecule has 0 saturated heterocycles. The first-order valence-electron chi connectivity index (χ1n) is 15.7. The van der Waals surface area contributed by atoms with Crippen molar-refractivity contribution >= 4 is 77.6 Å². The lowest BCUT2D eigenvalue weighted by atomic mass is 9.87. The largest absolute Gasteiger partial charge is 0.456 e. The van der Waals surface area contributed by atoms with Gasteiger partial charge >= 0.3 is 0 Å². The molecule has 2 heteroatoms. The Morgan fingerprint density at radius 1 is 0.489 bits per heavy atom. The van der Waals surface area contributed by atoms with Crippen molar-refractivity contribution in [3.8, 4) is 22.3 Å². The van der Waals surface area contributed by atoms with Crippen LogP contribution in [-0.4, -0.2) is 0 Å². The van der Waals surface area contributed by atoms with Crippen LogP contribution in [0.15, 0.2) is 130 Å². The number of rotatable bonds is 3. The second-order valence-electron chi connectivity index (χ2n) is 11.8. The minimum Gasteiger partial charge on any atom is -0.456 e. The van der Waals surface area contributed by atoms with Crippen LogP contribution in [0.25, 0.3) is 99.8 Å². The molecule has 2 aromatic heterocycles. The van der Waals surface area contributed by atoms with Crippen LogP contribution in [0.2, 0.25) is 0 Å². The Labute approximate surface area is 260 Å². The summed E-state index contributed by atoms with van der Waals surface area (Å²) in [6, 6.07) is 43.3. The standard InChI is InChI=1S/C43H30O2/c1-3-12-31-29(4-2)41(26-13-6-5-7-14-26)32-16-8-9-17-33(32)42(31)28-20-22-39-36(23-28)37-25-35-27(24-40(37)44-39)19-21-34-30-15-10-11-18-38(30)45-43(34)35/h4-25H,3H2,1-2H3/b29-4+,31-12+. The van der Waals surface area contributed by atoms with Gasteiger partial charge in [0.15, 0.2) is 0 Å². The van der Waals surface area contributed by atoms with Crippen molar-refractivity contribution in [2.75, 3.05) is 0 Å². The maximum Gasteiger partial charge on any atom is 0.143 e. The average Bonchev–Trinajstić information content (AvgIpc) is 3.65. The zero-order chi connectivity index (χ0) is 30.1. The van der Waals surface area contributed by atoms with E-state index in [1.807, 2.05) is 12.1 Å². The first-order valence-corrected chi connectivity index (χ1v) is 15.7. The van der Waals surface area contributed by atoms with Gasteiger partial charge in [0.2, 0.25) is 0 Å². The smallest absolute Gasteiger partial charge is 0.143 e. The number of fused-ring (bicyclic) bond motifs is 9. The highest BCUT2D eigenvalue weighted by molar-refractivity contribution is 6.20. The molecule has 0 bridgehead atoms. The lowest BCUT2D eigenvalue weighted by molar-refractivity contribution is 0.669. The van der Waals surface area contributed by atoms with Gasteiger partial charge in [0.1, 0.15) is 22.3 Å². The zero-order valence-electron chi connectivity index (χ0n) is 25.2. The van der Waals surface area contributed by atoms with Gasteiger partial charge in [-0.1, -0.05) is 104 Å². The molecule has 2 heterocycles. The van der Waals surface area contributed by atoms with E-state index in [0.717, 1.165) is 61.1 Å². The van der Waals surface area contributed by atoms with Gasteiger partial charge in [-0.25, -0.2) is 0 Å². The molecule has 0 amide bonds. The van der Waals surface area contributed by atoms with Crippen LogP contribution in [0.1, 0.15) is 20.3 Å². The zero-order valence-corrected chi connectivity index (χ0v) is 25.2. The maximum atomic E-state index is 6.46. The first-order chi connectivity index (χ1) is 22.2. The number of hydrogen-bond donors (Lipinski definition) is 0. The molecule has 0 atom stereocenters. The number of para-hydroxylation sites is 1. The van der Waals surface area contributed by atoms with Gasteiger partial charge in [0.25, 0.3) is 0 Å². The predicted molar refractivity (Wildman–Crippen MR) is 191 cm³/mol. The van der Waals surface area contributed by atoms with Crippen LogP contribution >= 0.6 is 0 Å². The molecule has 0 aliphatic heterocycles. The molecule has 0 spiro atoms. The molecule has 45 heavy (non-hydrogen) atoms. The molecule has 2 nitrogen and oxygen atoms in total. The summed E-state index contributed by atoms with van der Waals surface area (Å²) in [7, 11) is 0. The summed E-state index contributed by atoms with van der Waals surface area (Å²) in [5.74, 6) is 0. The van der Waals surface area contributed by atoms with E-state index in [2.05, 4.69) is 135 Å². The van der Waals surface area contributed by atoms with Crippen LogP contribution in [0, 0.1) is 0 Å². The third-order valence-electron chi connectivity index (χ3n) is 9.29. The van der Waals surface area contributed by atoms with E-state index in [0.29, 0.717) is 0 Å². The van der Waals surface area contributed by atoms with Gasteiger partial charge in [-0.05, 0) is 98.6 Å². The van der Waals surface area contributed by atoms with Crippen LogP contribution in [0.5, 0.6) is 0 Å². The lowest BCUT2D eigenvalue weighted by Crippen LogP contribution is -2.29. The normalized spacial score (nSPS) is 13.0. The quantitative estimate of drug-likeness (QED) is 0.208. The summed E-state index contributed by atoms with van der Waals surface area (Å²) in [4.78, 5) is 0. The SMILES string of the molecule is C/C=c1/c(-c2ccccc2)c2ccccc2c(-c2ccc3oc4cc5ccc6c7ccccc7oc6c5cc4c3c2)/c1=C/CC. The van der Waals surface area contributed by atoms with Gasteiger partial charge in [-0.15, -0.1) is 0 Å². The number of furan rings is 2. The Morgan fingerprint density at radius 2 is 1.18 bits per heavy atom. The Morgan fingerprint density at radius 3 is 1.96 bits per heavy atom. The molecule has 9 aromatic rings. The molecular formula is C43H30O2. The third kappa shape index (κ3) is 3.82. The molecule has 0 N–H and O–H groups in total. The van der Waals surface area contributed by atoms with E-state index >= 15 is 0 Å².